The number of aliphatic hydroxyl groups is 1. The third kappa shape index (κ3) is 2.30. The predicted molar refractivity (Wildman–Crippen MR) is 47.6 cm³/mol. The molecule has 1 aromatic heterocycles. The fraction of sp³-hybridized carbons (Fsp3) is 0.429. The predicted octanol–water partition coefficient (Wildman–Crippen LogP) is 1.88. The Labute approximate surface area is 80.4 Å². The van der Waals surface area contributed by atoms with Gasteiger partial charge in [-0.2, -0.15) is 0 Å². The largest absolute Gasteiger partial charge is 0.396 e. The average molecular weight is 207 g/mol. The van der Waals surface area contributed by atoms with Crippen molar-refractivity contribution in [3.8, 4) is 0 Å². The maximum Gasteiger partial charge on any atom is 0.224 e. The summed E-state index contributed by atoms with van der Waals surface area (Å²) < 4.78 is 0. The standard InChI is InChI=1S/C7H8Cl2N2O/c1-4(3-12)5-2-6(8)11-7(9)10-5/h2,4,12H,3H2,1H3. The molecule has 1 N–H and O–H groups in total. The van der Waals surface area contributed by atoms with Gasteiger partial charge in [0.15, 0.2) is 0 Å². The summed E-state index contributed by atoms with van der Waals surface area (Å²) in [7, 11) is 0. The summed E-state index contributed by atoms with van der Waals surface area (Å²) in [4.78, 5) is 7.60. The van der Waals surface area contributed by atoms with Crippen LogP contribution in [0.2, 0.25) is 10.4 Å². The van der Waals surface area contributed by atoms with E-state index in [2.05, 4.69) is 9.97 Å². The molecule has 0 aliphatic rings. The number of nitrogens with zero attached hydrogens (tertiary/aromatic N) is 2. The third-order valence-electron chi connectivity index (χ3n) is 1.47. The smallest absolute Gasteiger partial charge is 0.224 e. The zero-order chi connectivity index (χ0) is 9.14. The molecule has 0 aliphatic carbocycles. The van der Waals surface area contributed by atoms with Gasteiger partial charge in [0.2, 0.25) is 5.28 Å². The Morgan fingerprint density at radius 1 is 1.50 bits per heavy atom. The monoisotopic (exact) mass is 206 g/mol. The van der Waals surface area contributed by atoms with E-state index in [0.717, 1.165) is 0 Å². The zero-order valence-electron chi connectivity index (χ0n) is 6.46. The third-order valence-corrected chi connectivity index (χ3v) is 1.83. The highest BCUT2D eigenvalue weighted by Gasteiger charge is 2.08. The average Bonchev–Trinajstić information content (AvgIpc) is 2.01. The van der Waals surface area contributed by atoms with Gasteiger partial charge < -0.3 is 5.11 Å². The Morgan fingerprint density at radius 2 is 2.17 bits per heavy atom. The Balaban J connectivity index is 3.00. The maximum atomic E-state index is 8.82. The fourth-order valence-corrected chi connectivity index (χ4v) is 1.18. The molecule has 5 heteroatoms. The molecule has 1 rings (SSSR count). The lowest BCUT2D eigenvalue weighted by molar-refractivity contribution is 0.271. The van der Waals surface area contributed by atoms with Crippen LogP contribution in [0.5, 0.6) is 0 Å². The fourth-order valence-electron chi connectivity index (χ4n) is 0.752. The highest BCUT2D eigenvalue weighted by atomic mass is 35.5. The lowest BCUT2D eigenvalue weighted by atomic mass is 10.1. The number of hydrogen-bond acceptors (Lipinski definition) is 3. The molecule has 1 aromatic rings. The number of halogens is 2. The summed E-state index contributed by atoms with van der Waals surface area (Å²) in [6.45, 7) is 1.85. The van der Waals surface area contributed by atoms with Crippen LogP contribution in [0.15, 0.2) is 6.07 Å². The summed E-state index contributed by atoms with van der Waals surface area (Å²) in [6.07, 6.45) is 0. The second-order valence-corrected chi connectivity index (χ2v) is 3.19. The van der Waals surface area contributed by atoms with E-state index in [-0.39, 0.29) is 17.8 Å². The van der Waals surface area contributed by atoms with Crippen LogP contribution in [0.25, 0.3) is 0 Å². The lowest BCUT2D eigenvalue weighted by Crippen LogP contribution is -2.02. The van der Waals surface area contributed by atoms with Crippen molar-refractivity contribution in [1.82, 2.24) is 9.97 Å². The zero-order valence-corrected chi connectivity index (χ0v) is 7.97. The molecular weight excluding hydrogens is 199 g/mol. The Kier molecular flexibility index (Phi) is 3.26. The van der Waals surface area contributed by atoms with E-state index in [1.165, 1.54) is 0 Å². The van der Waals surface area contributed by atoms with Gasteiger partial charge in [-0.05, 0) is 17.7 Å². The van der Waals surface area contributed by atoms with Crippen molar-refractivity contribution in [2.75, 3.05) is 6.61 Å². The van der Waals surface area contributed by atoms with Crippen molar-refractivity contribution in [2.24, 2.45) is 0 Å². The van der Waals surface area contributed by atoms with E-state index >= 15 is 0 Å². The molecular formula is C7H8Cl2N2O. The normalized spacial score (nSPS) is 13.0. The molecule has 3 nitrogen and oxygen atoms in total. The first-order valence-corrected chi connectivity index (χ1v) is 4.20. The van der Waals surface area contributed by atoms with Crippen LogP contribution in [0, 0.1) is 0 Å². The SMILES string of the molecule is CC(CO)c1cc(Cl)nc(Cl)n1. The van der Waals surface area contributed by atoms with Crippen molar-refractivity contribution in [3.63, 3.8) is 0 Å². The van der Waals surface area contributed by atoms with Crippen LogP contribution in [0.1, 0.15) is 18.5 Å². The number of aromatic nitrogens is 2. The minimum atomic E-state index is -0.0667. The van der Waals surface area contributed by atoms with Gasteiger partial charge in [-0.15, -0.1) is 0 Å². The highest BCUT2D eigenvalue weighted by Crippen LogP contribution is 2.17. The van der Waals surface area contributed by atoms with Crippen molar-refractivity contribution >= 4 is 23.2 Å². The molecule has 0 saturated heterocycles. The summed E-state index contributed by atoms with van der Waals surface area (Å²) >= 11 is 11.2. The Bertz CT molecular complexity index is 260. The molecule has 0 bridgehead atoms. The van der Waals surface area contributed by atoms with Gasteiger partial charge >= 0.3 is 0 Å². The molecule has 1 heterocycles. The van der Waals surface area contributed by atoms with Gasteiger partial charge in [0.1, 0.15) is 5.15 Å². The summed E-state index contributed by atoms with van der Waals surface area (Å²) in [5.41, 5.74) is 0.655. The first-order chi connectivity index (χ1) is 5.63. The van der Waals surface area contributed by atoms with Crippen LogP contribution >= 0.6 is 23.2 Å². The Morgan fingerprint density at radius 3 is 2.67 bits per heavy atom. The van der Waals surface area contributed by atoms with Gasteiger partial charge in [-0.1, -0.05) is 18.5 Å². The van der Waals surface area contributed by atoms with Crippen LogP contribution in [0.3, 0.4) is 0 Å². The molecule has 66 valence electrons. The van der Waals surface area contributed by atoms with Crippen molar-refractivity contribution < 1.29 is 5.11 Å². The number of hydrogen-bond donors (Lipinski definition) is 1. The van der Waals surface area contributed by atoms with Gasteiger partial charge in [0, 0.05) is 5.92 Å². The maximum absolute atomic E-state index is 8.82. The quantitative estimate of drug-likeness (QED) is 0.594. The van der Waals surface area contributed by atoms with Crippen molar-refractivity contribution in [2.45, 2.75) is 12.8 Å². The van der Waals surface area contributed by atoms with Crippen molar-refractivity contribution in [1.29, 1.82) is 0 Å². The lowest BCUT2D eigenvalue weighted by Gasteiger charge is -2.06. The summed E-state index contributed by atoms with van der Waals surface area (Å²) in [6, 6.07) is 1.59. The van der Waals surface area contributed by atoms with E-state index in [0.29, 0.717) is 10.8 Å². The Hall–Kier alpha value is -0.380. The molecule has 0 fully saturated rings. The minimum absolute atomic E-state index is 0.0175. The molecule has 0 spiro atoms. The van der Waals surface area contributed by atoms with E-state index in [9.17, 15) is 0 Å². The van der Waals surface area contributed by atoms with E-state index in [1.807, 2.05) is 6.92 Å². The van der Waals surface area contributed by atoms with E-state index in [4.69, 9.17) is 28.3 Å². The molecule has 12 heavy (non-hydrogen) atoms. The molecule has 0 aliphatic heterocycles. The molecule has 1 atom stereocenters. The molecule has 0 amide bonds. The first kappa shape index (κ1) is 9.71. The first-order valence-electron chi connectivity index (χ1n) is 3.44. The van der Waals surface area contributed by atoms with E-state index < -0.39 is 0 Å². The molecule has 0 aromatic carbocycles. The van der Waals surface area contributed by atoms with Crippen LogP contribution in [-0.4, -0.2) is 21.7 Å². The van der Waals surface area contributed by atoms with Crippen LogP contribution in [0.4, 0.5) is 0 Å². The summed E-state index contributed by atoms with van der Waals surface area (Å²) in [5.74, 6) is -0.0667. The van der Waals surface area contributed by atoms with Gasteiger partial charge in [-0.25, -0.2) is 9.97 Å². The molecule has 0 radical (unpaired) electrons. The second-order valence-electron chi connectivity index (χ2n) is 2.47. The molecule has 1 unspecified atom stereocenters. The van der Waals surface area contributed by atoms with Crippen LogP contribution in [-0.2, 0) is 0 Å². The number of aliphatic hydroxyl groups excluding tert-OH is 1. The second kappa shape index (κ2) is 4.03. The summed E-state index contributed by atoms with van der Waals surface area (Å²) in [5, 5.41) is 9.23. The van der Waals surface area contributed by atoms with E-state index in [1.54, 1.807) is 6.07 Å². The highest BCUT2D eigenvalue weighted by molar-refractivity contribution is 6.31. The van der Waals surface area contributed by atoms with Gasteiger partial charge in [-0.3, -0.25) is 0 Å². The van der Waals surface area contributed by atoms with Gasteiger partial charge in [0.25, 0.3) is 0 Å². The minimum Gasteiger partial charge on any atom is -0.396 e. The van der Waals surface area contributed by atoms with Crippen molar-refractivity contribution in [3.05, 3.63) is 22.2 Å². The van der Waals surface area contributed by atoms with Crippen LogP contribution < -0.4 is 0 Å². The topological polar surface area (TPSA) is 46.0 Å². The number of rotatable bonds is 2. The van der Waals surface area contributed by atoms with Gasteiger partial charge in [0.05, 0.1) is 12.3 Å². The molecule has 0 saturated carbocycles.